The molecule has 0 unspecified atom stereocenters. The normalized spacial score (nSPS) is 22.4. The molecule has 0 radical (unpaired) electrons. The van der Waals surface area contributed by atoms with Crippen molar-refractivity contribution < 1.29 is 23.6 Å². The summed E-state index contributed by atoms with van der Waals surface area (Å²) in [6.45, 7) is 0. The van der Waals surface area contributed by atoms with E-state index in [9.17, 15) is 14.0 Å². The number of ether oxygens (including phenoxy) is 1. The Morgan fingerprint density at radius 1 is 0.938 bits per heavy atom. The fourth-order valence-electron chi connectivity index (χ4n) is 4.30. The van der Waals surface area contributed by atoms with E-state index in [1.807, 2.05) is 6.07 Å². The van der Waals surface area contributed by atoms with Gasteiger partial charge in [-0.1, -0.05) is 41.9 Å². The molecule has 5 rings (SSSR count). The lowest BCUT2D eigenvalue weighted by Gasteiger charge is -2.29. The van der Waals surface area contributed by atoms with Crippen LogP contribution in [0, 0.1) is 11.7 Å². The first-order chi connectivity index (χ1) is 15.5. The Morgan fingerprint density at radius 2 is 1.66 bits per heavy atom. The molecule has 2 saturated heterocycles. The van der Waals surface area contributed by atoms with Crippen molar-refractivity contribution in [2.75, 3.05) is 17.1 Å². The topological polar surface area (TPSA) is 59.1 Å². The second-order valence-electron chi connectivity index (χ2n) is 7.51. The maximum absolute atomic E-state index is 15.0. The second-order valence-corrected chi connectivity index (χ2v) is 7.91. The summed E-state index contributed by atoms with van der Waals surface area (Å²) in [5, 5.41) is 1.57. The van der Waals surface area contributed by atoms with Crippen LogP contribution in [0.2, 0.25) is 5.02 Å². The molecule has 0 aliphatic carbocycles. The molecule has 2 heterocycles. The number of imide groups is 1. The smallest absolute Gasteiger partial charge is 0.266 e. The molecule has 0 aromatic heterocycles. The van der Waals surface area contributed by atoms with Crippen LogP contribution in [0.4, 0.5) is 15.8 Å². The van der Waals surface area contributed by atoms with E-state index in [0.29, 0.717) is 17.1 Å². The highest BCUT2D eigenvalue weighted by Crippen LogP contribution is 2.49. The maximum atomic E-state index is 15.0. The number of amides is 2. The lowest BCUT2D eigenvalue weighted by atomic mass is 9.90. The number of hydrogen-bond donors (Lipinski definition) is 0. The molecule has 3 aromatic rings. The summed E-state index contributed by atoms with van der Waals surface area (Å²) >= 11 is 6.38. The zero-order valence-corrected chi connectivity index (χ0v) is 17.7. The van der Waals surface area contributed by atoms with Gasteiger partial charge in [-0.25, -0.2) is 14.4 Å². The molecule has 0 spiro atoms. The van der Waals surface area contributed by atoms with Crippen molar-refractivity contribution in [2.45, 2.75) is 12.1 Å². The van der Waals surface area contributed by atoms with Crippen LogP contribution in [0.25, 0.3) is 0 Å². The van der Waals surface area contributed by atoms with Crippen molar-refractivity contribution in [1.29, 1.82) is 0 Å². The molecule has 0 saturated carbocycles. The van der Waals surface area contributed by atoms with Crippen LogP contribution in [0.1, 0.15) is 11.6 Å². The van der Waals surface area contributed by atoms with E-state index in [1.165, 1.54) is 24.3 Å². The Hall–Kier alpha value is -3.42. The molecule has 0 N–H and O–H groups in total. The number of rotatable bonds is 4. The number of hydrogen-bond acceptors (Lipinski definition) is 5. The molecular weight excluding hydrogens is 435 g/mol. The molecule has 2 fully saturated rings. The van der Waals surface area contributed by atoms with Gasteiger partial charge in [0.05, 0.1) is 18.5 Å². The highest BCUT2D eigenvalue weighted by Gasteiger charge is 2.61. The van der Waals surface area contributed by atoms with Gasteiger partial charge >= 0.3 is 0 Å². The Morgan fingerprint density at radius 3 is 2.38 bits per heavy atom. The zero-order chi connectivity index (χ0) is 22.4. The molecule has 6 nitrogen and oxygen atoms in total. The van der Waals surface area contributed by atoms with Gasteiger partial charge in [0.25, 0.3) is 5.91 Å². The van der Waals surface area contributed by atoms with Gasteiger partial charge in [-0.15, -0.1) is 0 Å². The standard InChI is InChI=1S/C24H18ClFN2O4/c1-31-16-10-5-9-15(13-16)27-23(29)20-21(19-17(25)11-6-12-18(19)26)28(32-22(20)24(27)30)14-7-3-2-4-8-14/h2-13,20-22H,1H3/t20-,21+,22+/m0/s1. The maximum Gasteiger partial charge on any atom is 0.266 e. The van der Waals surface area contributed by atoms with E-state index in [1.54, 1.807) is 54.6 Å². The van der Waals surface area contributed by atoms with Gasteiger partial charge in [-0.3, -0.25) is 14.4 Å². The third-order valence-corrected chi connectivity index (χ3v) is 6.06. The van der Waals surface area contributed by atoms with Crippen LogP contribution in [-0.4, -0.2) is 25.0 Å². The summed E-state index contributed by atoms with van der Waals surface area (Å²) < 4.78 is 20.2. The van der Waals surface area contributed by atoms with Crippen LogP contribution in [0.3, 0.4) is 0 Å². The van der Waals surface area contributed by atoms with Gasteiger partial charge in [0.2, 0.25) is 5.91 Å². The minimum Gasteiger partial charge on any atom is -0.497 e. The zero-order valence-electron chi connectivity index (χ0n) is 16.9. The van der Waals surface area contributed by atoms with Crippen LogP contribution in [0.5, 0.6) is 5.75 Å². The van der Waals surface area contributed by atoms with Crippen LogP contribution >= 0.6 is 11.6 Å². The van der Waals surface area contributed by atoms with Crippen molar-refractivity contribution in [3.63, 3.8) is 0 Å². The summed E-state index contributed by atoms with van der Waals surface area (Å²) in [5.74, 6) is -2.07. The van der Waals surface area contributed by atoms with Gasteiger partial charge in [-0.2, -0.15) is 0 Å². The predicted molar refractivity (Wildman–Crippen MR) is 117 cm³/mol. The third-order valence-electron chi connectivity index (χ3n) is 5.73. The molecule has 2 aliphatic rings. The highest BCUT2D eigenvalue weighted by atomic mass is 35.5. The first kappa shape index (κ1) is 20.5. The number of hydroxylamine groups is 1. The number of methoxy groups -OCH3 is 1. The molecular formula is C24H18ClFN2O4. The lowest BCUT2D eigenvalue weighted by molar-refractivity contribution is -0.126. The average Bonchev–Trinajstić information content (AvgIpc) is 3.30. The van der Waals surface area contributed by atoms with Gasteiger partial charge in [0, 0.05) is 16.7 Å². The minimum atomic E-state index is -1.12. The second kappa shape index (κ2) is 7.93. The van der Waals surface area contributed by atoms with Crippen LogP contribution in [0.15, 0.2) is 72.8 Å². The SMILES string of the molecule is COc1cccc(N2C(=O)[C@H]3[C@@H](c4c(F)cccc4Cl)N(c4ccccc4)O[C@H]3C2=O)c1. The van der Waals surface area contributed by atoms with Crippen LogP contribution < -0.4 is 14.7 Å². The minimum absolute atomic E-state index is 0.110. The summed E-state index contributed by atoms with van der Waals surface area (Å²) in [5.41, 5.74) is 1.06. The van der Waals surface area contributed by atoms with Gasteiger partial charge in [0.1, 0.15) is 23.5 Å². The van der Waals surface area contributed by atoms with Crippen molar-refractivity contribution in [2.24, 2.45) is 5.92 Å². The summed E-state index contributed by atoms with van der Waals surface area (Å²) in [6, 6.07) is 19.0. The Bertz CT molecular complexity index is 1190. The molecule has 8 heteroatoms. The summed E-state index contributed by atoms with van der Waals surface area (Å²) in [7, 11) is 1.50. The van der Waals surface area contributed by atoms with Crippen molar-refractivity contribution in [1.82, 2.24) is 0 Å². The van der Waals surface area contributed by atoms with E-state index in [2.05, 4.69) is 0 Å². The lowest BCUT2D eigenvalue weighted by Crippen LogP contribution is -2.37. The highest BCUT2D eigenvalue weighted by molar-refractivity contribution is 6.31. The van der Waals surface area contributed by atoms with Gasteiger partial charge in [0.15, 0.2) is 6.10 Å². The number of carbonyl (C=O) groups excluding carboxylic acids is 2. The van der Waals surface area contributed by atoms with Gasteiger partial charge < -0.3 is 4.74 Å². The quantitative estimate of drug-likeness (QED) is 0.544. The molecule has 3 aromatic carbocycles. The van der Waals surface area contributed by atoms with Gasteiger partial charge in [-0.05, 0) is 36.4 Å². The van der Waals surface area contributed by atoms with E-state index in [4.69, 9.17) is 21.2 Å². The monoisotopic (exact) mass is 452 g/mol. The first-order valence-corrected chi connectivity index (χ1v) is 10.4. The van der Waals surface area contributed by atoms with Crippen molar-refractivity contribution >= 4 is 34.8 Å². The van der Waals surface area contributed by atoms with Crippen LogP contribution in [-0.2, 0) is 14.4 Å². The average molecular weight is 453 g/mol. The summed E-state index contributed by atoms with van der Waals surface area (Å²) in [6.07, 6.45) is -1.12. The summed E-state index contributed by atoms with van der Waals surface area (Å²) in [4.78, 5) is 34.0. The number of fused-ring (bicyclic) bond motifs is 1. The largest absolute Gasteiger partial charge is 0.497 e. The first-order valence-electron chi connectivity index (χ1n) is 9.98. The number of halogens is 2. The van der Waals surface area contributed by atoms with E-state index < -0.39 is 35.7 Å². The van der Waals surface area contributed by atoms with Crippen molar-refractivity contribution in [3.05, 3.63) is 89.2 Å². The Labute approximate surface area is 188 Å². The van der Waals surface area contributed by atoms with E-state index >= 15 is 0 Å². The molecule has 162 valence electrons. The Balaban J connectivity index is 1.62. The number of para-hydroxylation sites is 1. The third kappa shape index (κ3) is 3.13. The van der Waals surface area contributed by atoms with E-state index in [0.717, 1.165) is 4.90 Å². The molecule has 0 bridgehead atoms. The molecule has 2 amide bonds. The predicted octanol–water partition coefficient (Wildman–Crippen LogP) is 4.54. The number of benzene rings is 3. The molecule has 3 atom stereocenters. The fraction of sp³-hybridized carbons (Fsp3) is 0.167. The number of anilines is 2. The molecule has 32 heavy (non-hydrogen) atoms. The number of nitrogens with zero attached hydrogens (tertiary/aromatic N) is 2. The van der Waals surface area contributed by atoms with Crippen molar-refractivity contribution in [3.8, 4) is 5.75 Å². The Kier molecular flexibility index (Phi) is 5.07. The molecule has 2 aliphatic heterocycles. The number of carbonyl (C=O) groups is 2. The fourth-order valence-corrected chi connectivity index (χ4v) is 4.58. The van der Waals surface area contributed by atoms with E-state index in [-0.39, 0.29) is 10.6 Å².